The fraction of sp³-hybridized carbons (Fsp3) is 0.619. The van der Waals surface area contributed by atoms with Gasteiger partial charge < -0.3 is 14.5 Å². The van der Waals surface area contributed by atoms with E-state index in [1.165, 1.54) is 0 Å². The first-order chi connectivity index (χ1) is 13.0. The number of carbonyl (C=O) groups is 2. The van der Waals surface area contributed by atoms with E-state index in [4.69, 9.17) is 27.9 Å². The van der Waals surface area contributed by atoms with Crippen molar-refractivity contribution in [2.24, 2.45) is 5.92 Å². The maximum Gasteiger partial charge on any atom is 0.410 e. The smallest absolute Gasteiger partial charge is 0.410 e. The number of piperidine rings is 1. The van der Waals surface area contributed by atoms with Crippen molar-refractivity contribution >= 4 is 35.2 Å². The molecule has 1 aromatic rings. The van der Waals surface area contributed by atoms with E-state index < -0.39 is 5.60 Å². The summed E-state index contributed by atoms with van der Waals surface area (Å²) in [5.74, 6) is -0.00276. The lowest BCUT2D eigenvalue weighted by Gasteiger charge is -2.36. The molecule has 1 aliphatic rings. The van der Waals surface area contributed by atoms with E-state index in [-0.39, 0.29) is 24.0 Å². The third-order valence-electron chi connectivity index (χ3n) is 4.76. The Morgan fingerprint density at radius 3 is 2.32 bits per heavy atom. The van der Waals surface area contributed by atoms with E-state index in [9.17, 15) is 9.59 Å². The molecule has 156 valence electrons. The highest BCUT2D eigenvalue weighted by Gasteiger charge is 2.33. The number of benzene rings is 1. The van der Waals surface area contributed by atoms with Crippen LogP contribution >= 0.6 is 23.2 Å². The highest BCUT2D eigenvalue weighted by molar-refractivity contribution is 6.35. The Hall–Kier alpha value is -1.46. The summed E-state index contributed by atoms with van der Waals surface area (Å²) in [6.07, 6.45) is 0.956. The van der Waals surface area contributed by atoms with Crippen LogP contribution < -0.4 is 0 Å². The second-order valence-corrected chi connectivity index (χ2v) is 9.38. The molecule has 1 heterocycles. The fourth-order valence-corrected chi connectivity index (χ4v) is 3.69. The first-order valence-electron chi connectivity index (χ1n) is 9.70. The number of ether oxygens (including phenoxy) is 1. The third kappa shape index (κ3) is 6.28. The molecule has 0 radical (unpaired) electrons. The Balaban J connectivity index is 2.00. The molecule has 28 heavy (non-hydrogen) atoms. The van der Waals surface area contributed by atoms with Gasteiger partial charge >= 0.3 is 6.09 Å². The lowest BCUT2D eigenvalue weighted by Crippen LogP contribution is -2.47. The minimum Gasteiger partial charge on any atom is -0.444 e. The normalized spacial score (nSPS) is 15.6. The van der Waals surface area contributed by atoms with Gasteiger partial charge in [-0.25, -0.2) is 4.79 Å². The van der Waals surface area contributed by atoms with Gasteiger partial charge in [-0.1, -0.05) is 29.3 Å². The van der Waals surface area contributed by atoms with Gasteiger partial charge in [0.2, 0.25) is 5.91 Å². The first-order valence-corrected chi connectivity index (χ1v) is 10.5. The van der Waals surface area contributed by atoms with E-state index >= 15 is 0 Å². The van der Waals surface area contributed by atoms with Gasteiger partial charge in [-0.2, -0.15) is 0 Å². The molecule has 7 heteroatoms. The molecule has 2 rings (SSSR count). The van der Waals surface area contributed by atoms with Crippen LogP contribution in [-0.2, 0) is 16.1 Å². The number of carbonyl (C=O) groups excluding carboxylic acids is 2. The van der Waals surface area contributed by atoms with E-state index in [0.29, 0.717) is 42.5 Å². The van der Waals surface area contributed by atoms with Crippen LogP contribution in [0.3, 0.4) is 0 Å². The molecule has 1 aliphatic heterocycles. The number of halogens is 2. The Bertz CT molecular complexity index is 708. The van der Waals surface area contributed by atoms with Crippen molar-refractivity contribution < 1.29 is 14.3 Å². The third-order valence-corrected chi connectivity index (χ3v) is 5.35. The SMILES string of the molecule is CC(C)N(Cc1ccc(Cl)cc1Cl)C(=O)C1CCN(C(=O)OC(C)(C)C)CC1. The van der Waals surface area contributed by atoms with Gasteiger partial charge in [0.05, 0.1) is 0 Å². The summed E-state index contributed by atoms with van der Waals surface area (Å²) >= 11 is 12.3. The maximum absolute atomic E-state index is 13.1. The van der Waals surface area contributed by atoms with E-state index in [2.05, 4.69) is 0 Å². The highest BCUT2D eigenvalue weighted by atomic mass is 35.5. The van der Waals surface area contributed by atoms with Crippen molar-refractivity contribution in [2.45, 2.75) is 65.6 Å². The van der Waals surface area contributed by atoms with Crippen molar-refractivity contribution in [1.29, 1.82) is 0 Å². The monoisotopic (exact) mass is 428 g/mol. The molecule has 0 atom stereocenters. The van der Waals surface area contributed by atoms with E-state index in [1.807, 2.05) is 45.6 Å². The van der Waals surface area contributed by atoms with Crippen LogP contribution in [0.4, 0.5) is 4.79 Å². The summed E-state index contributed by atoms with van der Waals surface area (Å²) in [6, 6.07) is 5.38. The van der Waals surface area contributed by atoms with Crippen molar-refractivity contribution in [3.8, 4) is 0 Å². The molecule has 0 aliphatic carbocycles. The highest BCUT2D eigenvalue weighted by Crippen LogP contribution is 2.26. The van der Waals surface area contributed by atoms with Gasteiger partial charge in [0, 0.05) is 41.6 Å². The molecule has 2 amide bonds. The van der Waals surface area contributed by atoms with Crippen molar-refractivity contribution in [3.63, 3.8) is 0 Å². The second-order valence-electron chi connectivity index (χ2n) is 8.54. The molecule has 0 bridgehead atoms. The largest absolute Gasteiger partial charge is 0.444 e. The van der Waals surface area contributed by atoms with Crippen LogP contribution in [0.1, 0.15) is 53.0 Å². The number of hydrogen-bond donors (Lipinski definition) is 0. The average Bonchev–Trinajstić information content (AvgIpc) is 2.59. The summed E-state index contributed by atoms with van der Waals surface area (Å²) in [4.78, 5) is 28.9. The van der Waals surface area contributed by atoms with Crippen LogP contribution in [0, 0.1) is 5.92 Å². The zero-order chi connectivity index (χ0) is 21.1. The van der Waals surface area contributed by atoms with Gasteiger partial charge in [0.15, 0.2) is 0 Å². The van der Waals surface area contributed by atoms with Gasteiger partial charge in [0.1, 0.15) is 5.60 Å². The summed E-state index contributed by atoms with van der Waals surface area (Å²) in [7, 11) is 0. The predicted molar refractivity (Wildman–Crippen MR) is 113 cm³/mol. The molecule has 0 N–H and O–H groups in total. The number of amides is 2. The van der Waals surface area contributed by atoms with Crippen molar-refractivity contribution in [1.82, 2.24) is 9.80 Å². The molecular weight excluding hydrogens is 399 g/mol. The Kier molecular flexibility index (Phi) is 7.63. The molecule has 0 unspecified atom stereocenters. The molecule has 0 saturated carbocycles. The lowest BCUT2D eigenvalue weighted by atomic mass is 9.94. The molecule has 1 fully saturated rings. The number of rotatable bonds is 4. The summed E-state index contributed by atoms with van der Waals surface area (Å²) < 4.78 is 5.43. The molecule has 0 spiro atoms. The zero-order valence-electron chi connectivity index (χ0n) is 17.3. The van der Waals surface area contributed by atoms with Crippen LogP contribution in [0.2, 0.25) is 10.0 Å². The Morgan fingerprint density at radius 2 is 1.82 bits per heavy atom. The molecule has 5 nitrogen and oxygen atoms in total. The fourth-order valence-electron chi connectivity index (χ4n) is 3.22. The molecule has 0 aromatic heterocycles. The standard InChI is InChI=1S/C21H30Cl2N2O3/c1-14(2)25(13-16-6-7-17(22)12-18(16)23)19(26)15-8-10-24(11-9-15)20(27)28-21(3,4)5/h6-7,12,14-15H,8-11,13H2,1-5H3. The summed E-state index contributed by atoms with van der Waals surface area (Å²) in [5.41, 5.74) is 0.357. The topological polar surface area (TPSA) is 49.9 Å². The van der Waals surface area contributed by atoms with Gasteiger partial charge in [-0.3, -0.25) is 4.79 Å². The van der Waals surface area contributed by atoms with E-state index in [0.717, 1.165) is 5.56 Å². The minimum absolute atomic E-state index is 0.0446. The van der Waals surface area contributed by atoms with E-state index in [1.54, 1.807) is 17.0 Å². The van der Waals surface area contributed by atoms with Crippen molar-refractivity contribution in [2.75, 3.05) is 13.1 Å². The Morgan fingerprint density at radius 1 is 1.21 bits per heavy atom. The Labute approximate surface area is 177 Å². The lowest BCUT2D eigenvalue weighted by molar-refractivity contribution is -0.139. The van der Waals surface area contributed by atoms with Crippen LogP contribution in [0.15, 0.2) is 18.2 Å². The summed E-state index contributed by atoms with van der Waals surface area (Å²) in [5, 5.41) is 1.14. The number of nitrogens with zero attached hydrogens (tertiary/aromatic N) is 2. The minimum atomic E-state index is -0.518. The van der Waals surface area contributed by atoms with Gasteiger partial charge in [-0.15, -0.1) is 0 Å². The quantitative estimate of drug-likeness (QED) is 0.646. The van der Waals surface area contributed by atoms with Crippen LogP contribution in [0.25, 0.3) is 0 Å². The first kappa shape index (κ1) is 22.8. The van der Waals surface area contributed by atoms with Crippen LogP contribution in [-0.4, -0.2) is 46.5 Å². The second kappa shape index (κ2) is 9.36. The maximum atomic E-state index is 13.1. The molecule has 1 saturated heterocycles. The number of hydrogen-bond acceptors (Lipinski definition) is 3. The molecule has 1 aromatic carbocycles. The van der Waals surface area contributed by atoms with Crippen LogP contribution in [0.5, 0.6) is 0 Å². The average molecular weight is 429 g/mol. The number of likely N-dealkylation sites (tertiary alicyclic amines) is 1. The molecular formula is C21H30Cl2N2O3. The zero-order valence-corrected chi connectivity index (χ0v) is 18.8. The predicted octanol–water partition coefficient (Wildman–Crippen LogP) is 5.38. The van der Waals surface area contributed by atoms with Gasteiger partial charge in [-0.05, 0) is 65.2 Å². The van der Waals surface area contributed by atoms with Crippen molar-refractivity contribution in [3.05, 3.63) is 33.8 Å². The summed E-state index contributed by atoms with van der Waals surface area (Å²) in [6.45, 7) is 11.0. The van der Waals surface area contributed by atoms with Gasteiger partial charge in [0.25, 0.3) is 0 Å².